The van der Waals surface area contributed by atoms with E-state index in [-0.39, 0.29) is 17.6 Å². The number of halogens is 1. The van der Waals surface area contributed by atoms with Gasteiger partial charge in [0.15, 0.2) is 0 Å². The van der Waals surface area contributed by atoms with Crippen LogP contribution in [0.2, 0.25) is 0 Å². The lowest BCUT2D eigenvalue weighted by atomic mass is 10.0. The van der Waals surface area contributed by atoms with Crippen LogP contribution in [0.4, 0.5) is 4.39 Å². The summed E-state index contributed by atoms with van der Waals surface area (Å²) in [5.74, 6) is -0.0540. The van der Waals surface area contributed by atoms with E-state index < -0.39 is 6.04 Å². The van der Waals surface area contributed by atoms with Gasteiger partial charge in [-0.05, 0) is 66.8 Å². The van der Waals surface area contributed by atoms with E-state index in [1.807, 2.05) is 71.6 Å². The van der Waals surface area contributed by atoms with Crippen LogP contribution < -0.4 is 16.0 Å². The van der Waals surface area contributed by atoms with Crippen molar-refractivity contribution in [3.63, 3.8) is 0 Å². The number of nitrogens with zero attached hydrogens (tertiary/aromatic N) is 1. The SMILES string of the molecule is O=C(N[C@@H](CCCN[C@@H]1C[C@H]1c1ccc(F)cc1)C(=O)N1CCNCC1)c1ccc(-c2ccccc2)cc1. The standard InChI is InChI=1S/C31H35FN4O2/c32-26-14-12-24(13-15-26)27-21-29(27)34-16-4-7-28(31(38)36-19-17-33-18-20-36)35-30(37)25-10-8-23(9-11-25)22-5-2-1-3-6-22/h1-3,5-6,8-15,27-29,33-34H,4,7,16-21H2,(H,35,37)/t27-,28-,29+/m0/s1. The number of carbonyl (C=O) groups excluding carboxylic acids is 2. The summed E-state index contributed by atoms with van der Waals surface area (Å²) < 4.78 is 13.2. The molecule has 3 aromatic carbocycles. The highest BCUT2D eigenvalue weighted by Gasteiger charge is 2.37. The minimum Gasteiger partial charge on any atom is -0.340 e. The second-order valence-corrected chi connectivity index (χ2v) is 10.1. The van der Waals surface area contributed by atoms with Crippen LogP contribution in [0.5, 0.6) is 0 Å². The number of carbonyl (C=O) groups is 2. The average Bonchev–Trinajstić information content (AvgIpc) is 3.75. The van der Waals surface area contributed by atoms with Crippen molar-refractivity contribution in [3.05, 3.63) is 95.8 Å². The van der Waals surface area contributed by atoms with Crippen LogP contribution in [0.15, 0.2) is 78.9 Å². The van der Waals surface area contributed by atoms with Crippen molar-refractivity contribution in [1.82, 2.24) is 20.9 Å². The molecule has 3 aromatic rings. The van der Waals surface area contributed by atoms with Crippen molar-refractivity contribution < 1.29 is 14.0 Å². The molecule has 198 valence electrons. The number of hydrogen-bond acceptors (Lipinski definition) is 4. The van der Waals surface area contributed by atoms with Crippen molar-refractivity contribution >= 4 is 11.8 Å². The van der Waals surface area contributed by atoms with Gasteiger partial charge in [-0.1, -0.05) is 54.6 Å². The zero-order valence-electron chi connectivity index (χ0n) is 21.5. The fourth-order valence-electron chi connectivity index (χ4n) is 5.14. The van der Waals surface area contributed by atoms with Gasteiger partial charge in [-0.2, -0.15) is 0 Å². The Morgan fingerprint density at radius 2 is 1.61 bits per heavy atom. The number of hydrogen-bond donors (Lipinski definition) is 3. The summed E-state index contributed by atoms with van der Waals surface area (Å²) in [6.07, 6.45) is 2.37. The molecule has 0 radical (unpaired) electrons. The summed E-state index contributed by atoms with van der Waals surface area (Å²) in [7, 11) is 0. The zero-order chi connectivity index (χ0) is 26.3. The van der Waals surface area contributed by atoms with Crippen molar-refractivity contribution in [2.45, 2.75) is 37.3 Å². The van der Waals surface area contributed by atoms with E-state index in [0.717, 1.165) is 49.2 Å². The molecule has 1 aliphatic heterocycles. The Bertz CT molecular complexity index is 1210. The summed E-state index contributed by atoms with van der Waals surface area (Å²) in [5, 5.41) is 9.85. The van der Waals surface area contributed by atoms with Crippen LogP contribution in [0.1, 0.15) is 41.1 Å². The number of nitrogens with one attached hydrogen (secondary N) is 3. The van der Waals surface area contributed by atoms with Gasteiger partial charge >= 0.3 is 0 Å². The summed E-state index contributed by atoms with van der Waals surface area (Å²) in [6, 6.07) is 24.1. The van der Waals surface area contributed by atoms with Gasteiger partial charge in [-0.15, -0.1) is 0 Å². The van der Waals surface area contributed by atoms with Gasteiger partial charge < -0.3 is 20.9 Å². The predicted molar refractivity (Wildman–Crippen MR) is 147 cm³/mol. The van der Waals surface area contributed by atoms with Gasteiger partial charge in [-0.25, -0.2) is 4.39 Å². The molecule has 1 heterocycles. The quantitative estimate of drug-likeness (QED) is 0.358. The Labute approximate surface area is 223 Å². The number of benzene rings is 3. The summed E-state index contributed by atoms with van der Waals surface area (Å²) in [5.41, 5.74) is 3.83. The largest absolute Gasteiger partial charge is 0.340 e. The molecule has 2 fully saturated rings. The minimum atomic E-state index is -0.566. The van der Waals surface area contributed by atoms with Crippen LogP contribution in [0.3, 0.4) is 0 Å². The monoisotopic (exact) mass is 514 g/mol. The van der Waals surface area contributed by atoms with Crippen LogP contribution in [-0.4, -0.2) is 61.5 Å². The molecule has 38 heavy (non-hydrogen) atoms. The van der Waals surface area contributed by atoms with Crippen LogP contribution in [-0.2, 0) is 4.79 Å². The van der Waals surface area contributed by atoms with Crippen LogP contribution in [0.25, 0.3) is 11.1 Å². The summed E-state index contributed by atoms with van der Waals surface area (Å²) in [4.78, 5) is 28.3. The third kappa shape index (κ3) is 6.65. The highest BCUT2D eigenvalue weighted by molar-refractivity contribution is 5.98. The Kier molecular flexibility index (Phi) is 8.46. The molecular formula is C31H35FN4O2. The van der Waals surface area contributed by atoms with Crippen molar-refractivity contribution in [1.29, 1.82) is 0 Å². The molecule has 0 spiro atoms. The predicted octanol–water partition coefficient (Wildman–Crippen LogP) is 3.95. The normalized spacial score (nSPS) is 19.6. The Morgan fingerprint density at radius 1 is 0.921 bits per heavy atom. The highest BCUT2D eigenvalue weighted by atomic mass is 19.1. The first-order chi connectivity index (χ1) is 18.6. The Balaban J connectivity index is 1.16. The minimum absolute atomic E-state index is 0.0173. The number of rotatable bonds is 10. The zero-order valence-corrected chi connectivity index (χ0v) is 21.5. The molecule has 2 amide bonds. The molecule has 3 N–H and O–H groups in total. The summed E-state index contributed by atoms with van der Waals surface area (Å²) in [6.45, 7) is 3.59. The lowest BCUT2D eigenvalue weighted by Crippen LogP contribution is -2.54. The van der Waals surface area contributed by atoms with Gasteiger partial charge in [0.2, 0.25) is 5.91 Å². The number of piperazine rings is 1. The molecule has 1 saturated heterocycles. The Hall–Kier alpha value is -3.55. The molecule has 1 saturated carbocycles. The van der Waals surface area contributed by atoms with Gasteiger partial charge in [0.1, 0.15) is 11.9 Å². The van der Waals surface area contributed by atoms with E-state index in [0.29, 0.717) is 37.0 Å². The smallest absolute Gasteiger partial charge is 0.251 e. The maximum absolute atomic E-state index is 13.3. The first-order valence-electron chi connectivity index (χ1n) is 13.5. The molecule has 0 bridgehead atoms. The first kappa shape index (κ1) is 26.1. The molecule has 2 aliphatic rings. The molecule has 1 aliphatic carbocycles. The van der Waals surface area contributed by atoms with E-state index in [4.69, 9.17) is 0 Å². The van der Waals surface area contributed by atoms with Crippen LogP contribution >= 0.6 is 0 Å². The van der Waals surface area contributed by atoms with Gasteiger partial charge in [0.25, 0.3) is 5.91 Å². The van der Waals surface area contributed by atoms with Crippen molar-refractivity contribution in [3.8, 4) is 11.1 Å². The van der Waals surface area contributed by atoms with Gasteiger partial charge in [0.05, 0.1) is 0 Å². The van der Waals surface area contributed by atoms with Gasteiger partial charge in [-0.3, -0.25) is 9.59 Å². The lowest BCUT2D eigenvalue weighted by molar-refractivity contribution is -0.134. The fraction of sp³-hybridized carbons (Fsp3) is 0.355. The van der Waals surface area contributed by atoms with E-state index in [2.05, 4.69) is 16.0 Å². The number of amides is 2. The van der Waals surface area contributed by atoms with Crippen molar-refractivity contribution in [2.75, 3.05) is 32.7 Å². The molecular weight excluding hydrogens is 479 g/mol. The molecule has 5 rings (SSSR count). The molecule has 7 heteroatoms. The summed E-state index contributed by atoms with van der Waals surface area (Å²) >= 11 is 0. The molecule has 3 atom stereocenters. The van der Waals surface area contributed by atoms with E-state index in [9.17, 15) is 14.0 Å². The average molecular weight is 515 g/mol. The molecule has 6 nitrogen and oxygen atoms in total. The maximum atomic E-state index is 13.3. The third-order valence-corrected chi connectivity index (χ3v) is 7.45. The second-order valence-electron chi connectivity index (χ2n) is 10.1. The van der Waals surface area contributed by atoms with E-state index >= 15 is 0 Å². The lowest BCUT2D eigenvalue weighted by Gasteiger charge is -2.31. The highest BCUT2D eigenvalue weighted by Crippen LogP contribution is 2.40. The van der Waals surface area contributed by atoms with Crippen molar-refractivity contribution in [2.24, 2.45) is 0 Å². The molecule has 0 unspecified atom stereocenters. The second kappa shape index (κ2) is 12.3. The molecule has 0 aromatic heterocycles. The fourth-order valence-corrected chi connectivity index (χ4v) is 5.14. The topological polar surface area (TPSA) is 73.5 Å². The maximum Gasteiger partial charge on any atom is 0.251 e. The van der Waals surface area contributed by atoms with E-state index in [1.165, 1.54) is 12.1 Å². The Morgan fingerprint density at radius 3 is 2.32 bits per heavy atom. The van der Waals surface area contributed by atoms with E-state index in [1.54, 1.807) is 0 Å². The third-order valence-electron chi connectivity index (χ3n) is 7.45. The van der Waals surface area contributed by atoms with Crippen LogP contribution in [0, 0.1) is 5.82 Å². The van der Waals surface area contributed by atoms with Gasteiger partial charge in [0, 0.05) is 43.7 Å². The first-order valence-corrected chi connectivity index (χ1v) is 13.5.